The van der Waals surface area contributed by atoms with Crippen LogP contribution in [0.25, 0.3) is 11.4 Å². The Hall–Kier alpha value is -2.54. The summed E-state index contributed by atoms with van der Waals surface area (Å²) >= 11 is 0. The Bertz CT molecular complexity index is 913. The zero-order valence-electron chi connectivity index (χ0n) is 16.9. The van der Waals surface area contributed by atoms with E-state index in [9.17, 15) is 9.59 Å². The van der Waals surface area contributed by atoms with E-state index in [1.54, 1.807) is 18.5 Å². The van der Waals surface area contributed by atoms with Gasteiger partial charge in [-0.1, -0.05) is 6.42 Å². The normalized spacial score (nSPS) is 26.1. The third-order valence-electron chi connectivity index (χ3n) is 6.46. The van der Waals surface area contributed by atoms with Crippen molar-refractivity contribution in [2.45, 2.75) is 64.0 Å². The zero-order valence-corrected chi connectivity index (χ0v) is 16.9. The quantitative estimate of drug-likeness (QED) is 0.717. The predicted molar refractivity (Wildman–Crippen MR) is 111 cm³/mol. The van der Waals surface area contributed by atoms with Gasteiger partial charge in [-0.15, -0.1) is 0 Å². The molecular formula is C22H29N5O2. The van der Waals surface area contributed by atoms with E-state index in [0.29, 0.717) is 41.8 Å². The van der Waals surface area contributed by atoms with Gasteiger partial charge in [0.05, 0.1) is 0 Å². The minimum atomic E-state index is -0.190. The topological polar surface area (TPSA) is 114 Å². The van der Waals surface area contributed by atoms with Crippen molar-refractivity contribution >= 4 is 5.91 Å². The summed E-state index contributed by atoms with van der Waals surface area (Å²) in [5.74, 6) is 1.50. The number of aryl methyl sites for hydroxylation is 1. The van der Waals surface area contributed by atoms with Crippen molar-refractivity contribution in [1.82, 2.24) is 20.3 Å². The number of H-pyrrole nitrogens is 1. The molecule has 1 amide bonds. The lowest BCUT2D eigenvalue weighted by atomic mass is 9.67. The van der Waals surface area contributed by atoms with Gasteiger partial charge in [-0.3, -0.25) is 14.6 Å². The monoisotopic (exact) mass is 395 g/mol. The van der Waals surface area contributed by atoms with E-state index < -0.39 is 0 Å². The van der Waals surface area contributed by atoms with Gasteiger partial charge in [0.1, 0.15) is 5.82 Å². The van der Waals surface area contributed by atoms with Crippen molar-refractivity contribution in [2.75, 3.05) is 0 Å². The van der Waals surface area contributed by atoms with Gasteiger partial charge in [-0.05, 0) is 63.0 Å². The number of aromatic amines is 1. The van der Waals surface area contributed by atoms with Gasteiger partial charge >= 0.3 is 0 Å². The molecule has 7 nitrogen and oxygen atoms in total. The van der Waals surface area contributed by atoms with Crippen molar-refractivity contribution in [1.29, 1.82) is 0 Å². The first kappa shape index (κ1) is 19.8. The summed E-state index contributed by atoms with van der Waals surface area (Å²) in [6.45, 7) is 1.81. The van der Waals surface area contributed by atoms with Gasteiger partial charge in [0.15, 0.2) is 0 Å². The van der Waals surface area contributed by atoms with Gasteiger partial charge < -0.3 is 16.0 Å². The Morgan fingerprint density at radius 1 is 1.31 bits per heavy atom. The molecule has 2 unspecified atom stereocenters. The van der Waals surface area contributed by atoms with Gasteiger partial charge in [-0.25, -0.2) is 4.98 Å². The predicted octanol–water partition coefficient (Wildman–Crippen LogP) is 2.10. The van der Waals surface area contributed by atoms with Crippen LogP contribution in [0.3, 0.4) is 0 Å². The second-order valence-corrected chi connectivity index (χ2v) is 8.50. The Kier molecular flexibility index (Phi) is 5.76. The SMILES string of the molecule is Cc1nc(-c2cccnc2)[nH]c(=O)c1CCC(=O)NC1C2CCCC1CC(N)C2. The van der Waals surface area contributed by atoms with Gasteiger partial charge in [-0.2, -0.15) is 0 Å². The summed E-state index contributed by atoms with van der Waals surface area (Å²) in [6, 6.07) is 4.16. The maximum Gasteiger partial charge on any atom is 0.254 e. The molecule has 2 saturated carbocycles. The number of carbonyl (C=O) groups is 1. The minimum Gasteiger partial charge on any atom is -0.353 e. The molecule has 2 aliphatic rings. The molecule has 29 heavy (non-hydrogen) atoms. The first-order chi connectivity index (χ1) is 14.0. The second kappa shape index (κ2) is 8.45. The van der Waals surface area contributed by atoms with Crippen LogP contribution in [0.2, 0.25) is 0 Å². The summed E-state index contributed by atoms with van der Waals surface area (Å²) in [4.78, 5) is 36.6. The number of amides is 1. The maximum absolute atomic E-state index is 12.6. The number of nitrogens with two attached hydrogens (primary N) is 1. The molecule has 0 radical (unpaired) electrons. The summed E-state index contributed by atoms with van der Waals surface area (Å²) in [6.07, 6.45) is 9.54. The maximum atomic E-state index is 12.6. The highest BCUT2D eigenvalue weighted by Crippen LogP contribution is 2.39. The molecule has 4 rings (SSSR count). The lowest BCUT2D eigenvalue weighted by Crippen LogP contribution is -2.53. The molecule has 0 aliphatic heterocycles. The van der Waals surface area contributed by atoms with Gasteiger partial charge in [0.2, 0.25) is 5.91 Å². The van der Waals surface area contributed by atoms with E-state index in [0.717, 1.165) is 31.2 Å². The zero-order chi connectivity index (χ0) is 20.4. The molecule has 4 N–H and O–H groups in total. The van der Waals surface area contributed by atoms with Crippen LogP contribution in [0.15, 0.2) is 29.3 Å². The number of aromatic nitrogens is 3. The average molecular weight is 396 g/mol. The summed E-state index contributed by atoms with van der Waals surface area (Å²) in [5, 5.41) is 3.25. The summed E-state index contributed by atoms with van der Waals surface area (Å²) in [7, 11) is 0. The van der Waals surface area contributed by atoms with E-state index in [1.165, 1.54) is 6.42 Å². The van der Waals surface area contributed by atoms with Crippen LogP contribution >= 0.6 is 0 Å². The molecule has 2 aromatic rings. The standard InChI is InChI=1S/C22H29N5O2/c1-13-18(22(29)27-21(25-13)16-6-3-9-24-12-16)7-8-19(28)26-20-14-4-2-5-15(20)11-17(23)10-14/h3,6,9,12,14-15,17,20H,2,4-5,7-8,10-11,23H2,1H3,(H,26,28)(H,25,27,29). The number of nitrogens with one attached hydrogen (secondary N) is 2. The Balaban J connectivity index is 1.40. The van der Waals surface area contributed by atoms with Crippen molar-refractivity contribution in [3.05, 3.63) is 46.1 Å². The number of carbonyl (C=O) groups excluding carboxylic acids is 1. The van der Waals surface area contributed by atoms with Crippen LogP contribution in [0.4, 0.5) is 0 Å². The third kappa shape index (κ3) is 4.40. The fourth-order valence-electron chi connectivity index (χ4n) is 5.07. The van der Waals surface area contributed by atoms with E-state index >= 15 is 0 Å². The van der Waals surface area contributed by atoms with Crippen molar-refractivity contribution in [3.63, 3.8) is 0 Å². The van der Waals surface area contributed by atoms with Crippen LogP contribution in [0.5, 0.6) is 0 Å². The molecule has 2 bridgehead atoms. The number of nitrogens with zero attached hydrogens (tertiary/aromatic N) is 2. The summed E-state index contributed by atoms with van der Waals surface area (Å²) < 4.78 is 0. The first-order valence-corrected chi connectivity index (χ1v) is 10.6. The van der Waals surface area contributed by atoms with Crippen molar-refractivity contribution in [3.8, 4) is 11.4 Å². The first-order valence-electron chi connectivity index (χ1n) is 10.6. The van der Waals surface area contributed by atoms with Crippen LogP contribution in [-0.4, -0.2) is 32.9 Å². The molecule has 2 fully saturated rings. The van der Waals surface area contributed by atoms with Crippen LogP contribution in [-0.2, 0) is 11.2 Å². The number of hydrogen-bond acceptors (Lipinski definition) is 5. The molecule has 2 atom stereocenters. The smallest absolute Gasteiger partial charge is 0.254 e. The average Bonchev–Trinajstić information content (AvgIpc) is 2.68. The van der Waals surface area contributed by atoms with Crippen LogP contribution < -0.4 is 16.6 Å². The Morgan fingerprint density at radius 2 is 2.07 bits per heavy atom. The van der Waals surface area contributed by atoms with E-state index in [2.05, 4.69) is 20.3 Å². The number of fused-ring (bicyclic) bond motifs is 2. The van der Waals surface area contributed by atoms with Crippen LogP contribution in [0, 0.1) is 18.8 Å². The lowest BCUT2D eigenvalue weighted by molar-refractivity contribution is -0.123. The molecular weight excluding hydrogens is 366 g/mol. The van der Waals surface area contributed by atoms with Crippen molar-refractivity contribution in [2.24, 2.45) is 17.6 Å². The largest absolute Gasteiger partial charge is 0.353 e. The fourth-order valence-corrected chi connectivity index (χ4v) is 5.07. The molecule has 7 heteroatoms. The highest BCUT2D eigenvalue weighted by atomic mass is 16.1. The molecule has 2 aromatic heterocycles. The fraction of sp³-hybridized carbons (Fsp3) is 0.545. The third-order valence-corrected chi connectivity index (χ3v) is 6.46. The Morgan fingerprint density at radius 3 is 2.72 bits per heavy atom. The number of pyridine rings is 1. The molecule has 0 spiro atoms. The van der Waals surface area contributed by atoms with Gasteiger partial charge in [0.25, 0.3) is 5.56 Å². The van der Waals surface area contributed by atoms with E-state index in [1.807, 2.05) is 13.0 Å². The second-order valence-electron chi connectivity index (χ2n) is 8.50. The van der Waals surface area contributed by atoms with Crippen LogP contribution in [0.1, 0.15) is 49.8 Å². The van der Waals surface area contributed by atoms with E-state index in [-0.39, 0.29) is 23.6 Å². The molecule has 2 heterocycles. The Labute approximate surface area is 170 Å². The number of rotatable bonds is 5. The highest BCUT2D eigenvalue weighted by Gasteiger charge is 2.39. The van der Waals surface area contributed by atoms with Gasteiger partial charge in [0, 0.05) is 47.7 Å². The highest BCUT2D eigenvalue weighted by molar-refractivity contribution is 5.76. The molecule has 0 saturated heterocycles. The van der Waals surface area contributed by atoms with E-state index in [4.69, 9.17) is 5.73 Å². The summed E-state index contributed by atoms with van der Waals surface area (Å²) in [5.41, 5.74) is 7.97. The number of hydrogen-bond donors (Lipinski definition) is 3. The minimum absolute atomic E-state index is 0.0116. The lowest BCUT2D eigenvalue weighted by Gasteiger charge is -2.45. The molecule has 2 aliphatic carbocycles. The van der Waals surface area contributed by atoms with Crippen molar-refractivity contribution < 1.29 is 4.79 Å². The molecule has 154 valence electrons. The molecule has 0 aromatic carbocycles.